The van der Waals surface area contributed by atoms with Crippen molar-refractivity contribution in [3.05, 3.63) is 29.3 Å². The first-order valence-corrected chi connectivity index (χ1v) is 5.74. The van der Waals surface area contributed by atoms with E-state index in [-0.39, 0.29) is 12.5 Å². The number of aryl methyl sites for hydroxylation is 1. The minimum absolute atomic E-state index is 0.144. The Labute approximate surface area is 111 Å². The molecule has 1 aromatic carbocycles. The fourth-order valence-electron chi connectivity index (χ4n) is 1.57. The summed E-state index contributed by atoms with van der Waals surface area (Å²) < 4.78 is 9.45. The van der Waals surface area contributed by atoms with Gasteiger partial charge < -0.3 is 20.5 Å². The zero-order chi connectivity index (χ0) is 14.4. The van der Waals surface area contributed by atoms with E-state index in [1.807, 2.05) is 0 Å². The number of methoxy groups -OCH3 is 2. The van der Waals surface area contributed by atoms with Crippen molar-refractivity contribution in [2.24, 2.45) is 5.73 Å². The molecule has 0 aliphatic carbocycles. The van der Waals surface area contributed by atoms with E-state index in [4.69, 9.17) is 10.5 Å². The predicted molar refractivity (Wildman–Crippen MR) is 71.0 cm³/mol. The van der Waals surface area contributed by atoms with Crippen LogP contribution in [0.1, 0.15) is 15.9 Å². The average Bonchev–Trinajstić information content (AvgIpc) is 2.38. The van der Waals surface area contributed by atoms with Gasteiger partial charge in [0.25, 0.3) is 0 Å². The van der Waals surface area contributed by atoms with Gasteiger partial charge in [0.1, 0.15) is 6.04 Å². The molecule has 0 radical (unpaired) electrons. The summed E-state index contributed by atoms with van der Waals surface area (Å²) in [5.74, 6) is -0.751. The van der Waals surface area contributed by atoms with Crippen molar-refractivity contribution in [2.45, 2.75) is 13.0 Å². The van der Waals surface area contributed by atoms with Gasteiger partial charge in [0.05, 0.1) is 19.3 Å². The van der Waals surface area contributed by atoms with Crippen LogP contribution in [0.2, 0.25) is 0 Å². The first-order chi connectivity index (χ1) is 8.99. The number of anilines is 1. The molecule has 1 atom stereocenters. The van der Waals surface area contributed by atoms with Crippen LogP contribution in [0.3, 0.4) is 0 Å². The Morgan fingerprint density at radius 1 is 1.37 bits per heavy atom. The number of amides is 1. The molecule has 0 saturated heterocycles. The molecule has 0 aliphatic rings. The first kappa shape index (κ1) is 15.1. The fourth-order valence-corrected chi connectivity index (χ4v) is 1.57. The number of benzene rings is 1. The fraction of sp³-hybridized carbons (Fsp3) is 0.385. The molecule has 0 bridgehead atoms. The highest BCUT2D eigenvalue weighted by molar-refractivity contribution is 5.96. The monoisotopic (exact) mass is 266 g/mol. The highest BCUT2D eigenvalue weighted by Gasteiger charge is 2.14. The Kier molecular flexibility index (Phi) is 5.47. The van der Waals surface area contributed by atoms with E-state index in [0.29, 0.717) is 16.8 Å². The van der Waals surface area contributed by atoms with Gasteiger partial charge in [-0.25, -0.2) is 4.79 Å². The molecule has 0 aliphatic heterocycles. The standard InChI is InChI=1S/C13H18N2O4/c1-8-6-9(4-5-10(8)13(17)19-3)15-12(16)11(14)7-18-2/h4-6,11H,7,14H2,1-3H3,(H,15,16). The SMILES string of the molecule is COCC(N)C(=O)Nc1ccc(C(=O)OC)c(C)c1. The van der Waals surface area contributed by atoms with Crippen molar-refractivity contribution in [3.63, 3.8) is 0 Å². The number of hydrogen-bond donors (Lipinski definition) is 2. The summed E-state index contributed by atoms with van der Waals surface area (Å²) in [7, 11) is 2.80. The molecular weight excluding hydrogens is 248 g/mol. The lowest BCUT2D eigenvalue weighted by molar-refractivity contribution is -0.118. The van der Waals surface area contributed by atoms with Crippen molar-refractivity contribution in [1.29, 1.82) is 0 Å². The first-order valence-electron chi connectivity index (χ1n) is 5.74. The van der Waals surface area contributed by atoms with Crippen molar-refractivity contribution in [2.75, 3.05) is 26.1 Å². The molecule has 0 aromatic heterocycles. The Balaban J connectivity index is 2.79. The smallest absolute Gasteiger partial charge is 0.338 e. The summed E-state index contributed by atoms with van der Waals surface area (Å²) in [6.07, 6.45) is 0. The zero-order valence-electron chi connectivity index (χ0n) is 11.2. The second-order valence-corrected chi connectivity index (χ2v) is 4.07. The Morgan fingerprint density at radius 2 is 2.05 bits per heavy atom. The summed E-state index contributed by atoms with van der Waals surface area (Å²) >= 11 is 0. The predicted octanol–water partition coefficient (Wildman–Crippen LogP) is 0.694. The molecule has 104 valence electrons. The van der Waals surface area contributed by atoms with Crippen molar-refractivity contribution in [3.8, 4) is 0 Å². The summed E-state index contributed by atoms with van der Waals surface area (Å²) in [6, 6.07) is 4.17. The highest BCUT2D eigenvalue weighted by Crippen LogP contribution is 2.16. The lowest BCUT2D eigenvalue weighted by Crippen LogP contribution is -2.39. The van der Waals surface area contributed by atoms with Gasteiger partial charge in [-0.1, -0.05) is 0 Å². The quantitative estimate of drug-likeness (QED) is 0.765. The molecule has 6 nitrogen and oxygen atoms in total. The molecule has 0 heterocycles. The van der Waals surface area contributed by atoms with E-state index in [9.17, 15) is 9.59 Å². The Bertz CT molecular complexity index is 474. The minimum Gasteiger partial charge on any atom is -0.465 e. The van der Waals surface area contributed by atoms with E-state index in [2.05, 4.69) is 10.1 Å². The number of nitrogens with one attached hydrogen (secondary N) is 1. The molecule has 1 aromatic rings. The van der Waals surface area contributed by atoms with Crippen LogP contribution in [0.4, 0.5) is 5.69 Å². The van der Waals surface area contributed by atoms with Crippen LogP contribution in [0, 0.1) is 6.92 Å². The Hall–Kier alpha value is -1.92. The third-order valence-corrected chi connectivity index (χ3v) is 2.58. The van der Waals surface area contributed by atoms with Crippen LogP contribution in [0.5, 0.6) is 0 Å². The van der Waals surface area contributed by atoms with Crippen LogP contribution in [0.15, 0.2) is 18.2 Å². The maximum Gasteiger partial charge on any atom is 0.338 e. The zero-order valence-corrected chi connectivity index (χ0v) is 11.2. The number of hydrogen-bond acceptors (Lipinski definition) is 5. The van der Waals surface area contributed by atoms with E-state index < -0.39 is 12.0 Å². The summed E-state index contributed by atoms with van der Waals surface area (Å²) in [5, 5.41) is 2.66. The van der Waals surface area contributed by atoms with Crippen LogP contribution in [-0.4, -0.2) is 38.7 Å². The third kappa shape index (κ3) is 4.04. The maximum atomic E-state index is 11.7. The molecule has 1 rings (SSSR count). The molecule has 6 heteroatoms. The van der Waals surface area contributed by atoms with Crippen molar-refractivity contribution < 1.29 is 19.1 Å². The van der Waals surface area contributed by atoms with Gasteiger partial charge in [0, 0.05) is 12.8 Å². The average molecular weight is 266 g/mol. The van der Waals surface area contributed by atoms with Crippen molar-refractivity contribution >= 4 is 17.6 Å². The van der Waals surface area contributed by atoms with E-state index in [1.54, 1.807) is 25.1 Å². The van der Waals surface area contributed by atoms with Gasteiger partial charge in [-0.2, -0.15) is 0 Å². The lowest BCUT2D eigenvalue weighted by atomic mass is 10.1. The second-order valence-electron chi connectivity index (χ2n) is 4.07. The molecule has 19 heavy (non-hydrogen) atoms. The number of rotatable bonds is 5. The summed E-state index contributed by atoms with van der Waals surface area (Å²) in [4.78, 5) is 23.1. The van der Waals surface area contributed by atoms with Crippen molar-refractivity contribution in [1.82, 2.24) is 0 Å². The van der Waals surface area contributed by atoms with Gasteiger partial charge in [-0.3, -0.25) is 4.79 Å². The summed E-state index contributed by atoms with van der Waals surface area (Å²) in [6.45, 7) is 1.90. The second kappa shape index (κ2) is 6.86. The van der Waals surface area contributed by atoms with Gasteiger partial charge in [0.2, 0.25) is 5.91 Å². The normalized spacial score (nSPS) is 11.8. The lowest BCUT2D eigenvalue weighted by Gasteiger charge is -2.12. The van der Waals surface area contributed by atoms with Gasteiger partial charge in [-0.15, -0.1) is 0 Å². The topological polar surface area (TPSA) is 90.6 Å². The number of carbonyl (C=O) groups is 2. The highest BCUT2D eigenvalue weighted by atomic mass is 16.5. The molecule has 1 amide bonds. The van der Waals surface area contributed by atoms with Gasteiger partial charge >= 0.3 is 5.97 Å². The van der Waals surface area contributed by atoms with E-state index >= 15 is 0 Å². The molecular formula is C13H18N2O4. The molecule has 0 fully saturated rings. The maximum absolute atomic E-state index is 11.7. The number of esters is 1. The number of ether oxygens (including phenoxy) is 2. The largest absolute Gasteiger partial charge is 0.465 e. The van der Waals surface area contributed by atoms with E-state index in [0.717, 1.165) is 0 Å². The van der Waals surface area contributed by atoms with E-state index in [1.165, 1.54) is 14.2 Å². The number of carbonyl (C=O) groups excluding carboxylic acids is 2. The molecule has 0 spiro atoms. The molecule has 0 saturated carbocycles. The van der Waals surface area contributed by atoms with Gasteiger partial charge in [-0.05, 0) is 30.7 Å². The minimum atomic E-state index is -0.731. The number of nitrogens with two attached hydrogens (primary N) is 1. The van der Waals surface area contributed by atoms with Crippen LogP contribution < -0.4 is 11.1 Å². The van der Waals surface area contributed by atoms with Gasteiger partial charge in [0.15, 0.2) is 0 Å². The van der Waals surface area contributed by atoms with Crippen LogP contribution in [0.25, 0.3) is 0 Å². The Morgan fingerprint density at radius 3 is 2.58 bits per heavy atom. The third-order valence-electron chi connectivity index (χ3n) is 2.58. The van der Waals surface area contributed by atoms with Crippen LogP contribution in [-0.2, 0) is 14.3 Å². The molecule has 1 unspecified atom stereocenters. The van der Waals surface area contributed by atoms with Crippen LogP contribution >= 0.6 is 0 Å². The summed E-state index contributed by atoms with van der Waals surface area (Å²) in [5.41, 5.74) is 7.35. The molecule has 3 N–H and O–H groups in total.